The number of benzene rings is 2. The lowest BCUT2D eigenvalue weighted by molar-refractivity contribution is 0.102. The van der Waals surface area contributed by atoms with Gasteiger partial charge in [-0.3, -0.25) is 4.79 Å². The van der Waals surface area contributed by atoms with Crippen LogP contribution in [0.25, 0.3) is 0 Å². The molecule has 1 N–H and O–H groups in total. The van der Waals surface area contributed by atoms with Gasteiger partial charge < -0.3 is 15.0 Å². The SMILES string of the molecule is CCN(C)c1cccc(NC(=O)c2ccccc2OCC2CC2)c1. The fourth-order valence-electron chi connectivity index (χ4n) is 2.47. The van der Waals surface area contributed by atoms with Crippen LogP contribution < -0.4 is 15.0 Å². The van der Waals surface area contributed by atoms with Gasteiger partial charge in [0.25, 0.3) is 5.91 Å². The Morgan fingerprint density at radius 1 is 1.21 bits per heavy atom. The van der Waals surface area contributed by atoms with Crippen LogP contribution in [0.5, 0.6) is 5.75 Å². The Labute approximate surface area is 143 Å². The molecule has 0 heterocycles. The molecule has 0 atom stereocenters. The second-order valence-corrected chi connectivity index (χ2v) is 6.27. The molecule has 2 aromatic rings. The minimum atomic E-state index is -0.141. The van der Waals surface area contributed by atoms with Gasteiger partial charge >= 0.3 is 0 Å². The van der Waals surface area contributed by atoms with E-state index in [1.165, 1.54) is 12.8 Å². The first-order chi connectivity index (χ1) is 11.7. The van der Waals surface area contributed by atoms with Gasteiger partial charge in [-0.1, -0.05) is 18.2 Å². The van der Waals surface area contributed by atoms with E-state index in [0.717, 1.165) is 17.9 Å². The van der Waals surface area contributed by atoms with E-state index in [1.807, 2.05) is 49.5 Å². The third-order valence-corrected chi connectivity index (χ3v) is 4.32. The number of carbonyl (C=O) groups is 1. The van der Waals surface area contributed by atoms with Crippen LogP contribution in [-0.4, -0.2) is 26.1 Å². The summed E-state index contributed by atoms with van der Waals surface area (Å²) in [6, 6.07) is 15.3. The number of hydrogen-bond acceptors (Lipinski definition) is 3. The maximum Gasteiger partial charge on any atom is 0.259 e. The van der Waals surface area contributed by atoms with E-state index in [1.54, 1.807) is 6.07 Å². The Morgan fingerprint density at radius 3 is 2.75 bits per heavy atom. The Hall–Kier alpha value is -2.49. The number of nitrogens with one attached hydrogen (secondary N) is 1. The van der Waals surface area contributed by atoms with Crippen LogP contribution in [0.3, 0.4) is 0 Å². The van der Waals surface area contributed by atoms with Crippen molar-refractivity contribution in [3.8, 4) is 5.75 Å². The maximum atomic E-state index is 12.6. The van der Waals surface area contributed by atoms with Crippen molar-refractivity contribution in [3.05, 3.63) is 54.1 Å². The Bertz CT molecular complexity index is 710. The van der Waals surface area contributed by atoms with Gasteiger partial charge in [0.05, 0.1) is 12.2 Å². The molecule has 0 bridgehead atoms. The lowest BCUT2D eigenvalue weighted by Crippen LogP contribution is -2.17. The van der Waals surface area contributed by atoms with Crippen LogP contribution in [0.1, 0.15) is 30.1 Å². The summed E-state index contributed by atoms with van der Waals surface area (Å²) in [5.74, 6) is 1.17. The van der Waals surface area contributed by atoms with E-state index in [9.17, 15) is 4.79 Å². The molecule has 0 saturated heterocycles. The van der Waals surface area contributed by atoms with Crippen molar-refractivity contribution in [2.45, 2.75) is 19.8 Å². The van der Waals surface area contributed by atoms with Crippen molar-refractivity contribution in [1.82, 2.24) is 0 Å². The molecular formula is C20H24N2O2. The average molecular weight is 324 g/mol. The highest BCUT2D eigenvalue weighted by atomic mass is 16.5. The maximum absolute atomic E-state index is 12.6. The number of hydrogen-bond donors (Lipinski definition) is 1. The normalized spacial score (nSPS) is 13.4. The highest BCUT2D eigenvalue weighted by Gasteiger charge is 2.23. The number of amides is 1. The van der Waals surface area contributed by atoms with Crippen LogP contribution in [-0.2, 0) is 0 Å². The summed E-state index contributed by atoms with van der Waals surface area (Å²) in [5, 5.41) is 2.98. The summed E-state index contributed by atoms with van der Waals surface area (Å²) in [6.45, 7) is 3.70. The molecule has 1 aliphatic rings. The monoisotopic (exact) mass is 324 g/mol. The molecule has 3 rings (SSSR count). The van der Waals surface area contributed by atoms with Crippen molar-refractivity contribution < 1.29 is 9.53 Å². The van der Waals surface area contributed by atoms with E-state index in [4.69, 9.17) is 4.74 Å². The van der Waals surface area contributed by atoms with Gasteiger partial charge in [-0.15, -0.1) is 0 Å². The van der Waals surface area contributed by atoms with E-state index in [-0.39, 0.29) is 5.91 Å². The van der Waals surface area contributed by atoms with Crippen LogP contribution >= 0.6 is 0 Å². The minimum Gasteiger partial charge on any atom is -0.492 e. The predicted octanol–water partition coefficient (Wildman–Crippen LogP) is 4.18. The molecule has 1 fully saturated rings. The number of para-hydroxylation sites is 1. The molecule has 0 aliphatic heterocycles. The highest BCUT2D eigenvalue weighted by Crippen LogP contribution is 2.30. The van der Waals surface area contributed by atoms with Gasteiger partial charge in [-0.05, 0) is 56.0 Å². The summed E-state index contributed by atoms with van der Waals surface area (Å²) >= 11 is 0. The topological polar surface area (TPSA) is 41.6 Å². The second kappa shape index (κ2) is 7.39. The fraction of sp³-hybridized carbons (Fsp3) is 0.350. The van der Waals surface area contributed by atoms with Crippen LogP contribution in [0.4, 0.5) is 11.4 Å². The summed E-state index contributed by atoms with van der Waals surface area (Å²) in [4.78, 5) is 14.8. The quantitative estimate of drug-likeness (QED) is 0.830. The van der Waals surface area contributed by atoms with E-state index in [0.29, 0.717) is 23.8 Å². The lowest BCUT2D eigenvalue weighted by Gasteiger charge is -2.18. The van der Waals surface area contributed by atoms with E-state index < -0.39 is 0 Å². The first kappa shape index (κ1) is 16.4. The highest BCUT2D eigenvalue weighted by molar-refractivity contribution is 6.06. The standard InChI is InChI=1S/C20H24N2O2/c1-3-22(2)17-8-6-7-16(13-17)21-20(23)18-9-4-5-10-19(18)24-14-15-11-12-15/h4-10,13,15H,3,11-12,14H2,1-2H3,(H,21,23). The van der Waals surface area contributed by atoms with Crippen LogP contribution in [0.2, 0.25) is 0 Å². The van der Waals surface area contributed by atoms with Gasteiger partial charge in [-0.2, -0.15) is 0 Å². The van der Waals surface area contributed by atoms with Gasteiger partial charge in [-0.25, -0.2) is 0 Å². The molecule has 0 spiro atoms. The number of nitrogens with zero attached hydrogens (tertiary/aromatic N) is 1. The molecule has 1 saturated carbocycles. The Kier molecular flexibility index (Phi) is 5.04. The zero-order chi connectivity index (χ0) is 16.9. The summed E-state index contributed by atoms with van der Waals surface area (Å²) in [5.41, 5.74) is 2.44. The molecule has 4 nitrogen and oxygen atoms in total. The number of carbonyl (C=O) groups excluding carboxylic acids is 1. The van der Waals surface area contributed by atoms with Gasteiger partial charge in [0.1, 0.15) is 5.75 Å². The number of ether oxygens (including phenoxy) is 1. The molecule has 126 valence electrons. The van der Waals surface area contributed by atoms with Crippen molar-refractivity contribution in [1.29, 1.82) is 0 Å². The summed E-state index contributed by atoms with van der Waals surface area (Å²) in [6.07, 6.45) is 2.46. The molecule has 0 radical (unpaired) electrons. The zero-order valence-electron chi connectivity index (χ0n) is 14.3. The lowest BCUT2D eigenvalue weighted by atomic mass is 10.1. The molecule has 2 aromatic carbocycles. The summed E-state index contributed by atoms with van der Waals surface area (Å²) in [7, 11) is 2.03. The smallest absolute Gasteiger partial charge is 0.259 e. The van der Waals surface area contributed by atoms with Gasteiger partial charge in [0.2, 0.25) is 0 Å². The minimum absolute atomic E-state index is 0.141. The van der Waals surface area contributed by atoms with Crippen molar-refractivity contribution >= 4 is 17.3 Å². The zero-order valence-corrected chi connectivity index (χ0v) is 14.3. The molecule has 1 aliphatic carbocycles. The van der Waals surface area contributed by atoms with Gasteiger partial charge in [0.15, 0.2) is 0 Å². The molecular weight excluding hydrogens is 300 g/mol. The Morgan fingerprint density at radius 2 is 2.00 bits per heavy atom. The largest absolute Gasteiger partial charge is 0.492 e. The molecule has 0 unspecified atom stereocenters. The molecule has 0 aromatic heterocycles. The van der Waals surface area contributed by atoms with Gasteiger partial charge in [0, 0.05) is 25.0 Å². The number of rotatable bonds is 7. The van der Waals surface area contributed by atoms with Crippen LogP contribution in [0, 0.1) is 5.92 Å². The second-order valence-electron chi connectivity index (χ2n) is 6.27. The predicted molar refractivity (Wildman–Crippen MR) is 98.0 cm³/mol. The van der Waals surface area contributed by atoms with E-state index >= 15 is 0 Å². The van der Waals surface area contributed by atoms with Crippen molar-refractivity contribution in [3.63, 3.8) is 0 Å². The molecule has 1 amide bonds. The van der Waals surface area contributed by atoms with Crippen molar-refractivity contribution in [2.24, 2.45) is 5.92 Å². The number of anilines is 2. The molecule has 24 heavy (non-hydrogen) atoms. The third kappa shape index (κ3) is 4.07. The fourth-order valence-corrected chi connectivity index (χ4v) is 2.47. The average Bonchev–Trinajstić information content (AvgIpc) is 3.44. The Balaban J connectivity index is 1.72. The van der Waals surface area contributed by atoms with Crippen LogP contribution in [0.15, 0.2) is 48.5 Å². The summed E-state index contributed by atoms with van der Waals surface area (Å²) < 4.78 is 5.83. The first-order valence-corrected chi connectivity index (χ1v) is 8.51. The third-order valence-electron chi connectivity index (χ3n) is 4.32. The first-order valence-electron chi connectivity index (χ1n) is 8.51. The molecule has 4 heteroatoms. The van der Waals surface area contributed by atoms with E-state index in [2.05, 4.69) is 17.1 Å². The van der Waals surface area contributed by atoms with Crippen molar-refractivity contribution in [2.75, 3.05) is 30.4 Å².